The number of aliphatic hydroxyl groups is 1. The topological polar surface area (TPSA) is 78.9 Å². The molecule has 3 aromatic rings. The molecule has 0 atom stereocenters. The molecular weight excluding hydrogens is 426 g/mol. The minimum atomic E-state index is -4.03. The number of aliphatic hydroxyl groups excluding tert-OH is 1. The highest BCUT2D eigenvalue weighted by atomic mass is 32.2. The second-order valence-corrected chi connectivity index (χ2v) is 8.45. The van der Waals surface area contributed by atoms with E-state index in [0.717, 1.165) is 34.3 Å². The van der Waals surface area contributed by atoms with Crippen LogP contribution in [0.15, 0.2) is 78.8 Å². The lowest BCUT2D eigenvalue weighted by Gasteiger charge is -2.19. The number of nitrogens with one attached hydrogen (secondary N) is 1. The van der Waals surface area contributed by atoms with E-state index in [9.17, 15) is 22.3 Å². The Kier molecular flexibility index (Phi) is 5.51. The van der Waals surface area contributed by atoms with E-state index in [2.05, 4.69) is 0 Å². The lowest BCUT2D eigenvalue weighted by atomic mass is 10.0. The van der Waals surface area contributed by atoms with Gasteiger partial charge in [0.2, 0.25) is 5.88 Å². The number of benzene rings is 3. The second kappa shape index (κ2) is 8.27. The maximum absolute atomic E-state index is 14.1. The van der Waals surface area contributed by atoms with Gasteiger partial charge in [0, 0.05) is 6.42 Å². The van der Waals surface area contributed by atoms with Crippen molar-refractivity contribution in [2.24, 2.45) is 0 Å². The van der Waals surface area contributed by atoms with Crippen molar-refractivity contribution in [3.8, 4) is 5.75 Å². The first-order valence-corrected chi connectivity index (χ1v) is 10.7. The number of ether oxygens (including phenoxy) is 1. The first kappa shape index (κ1) is 20.7. The molecule has 0 saturated carbocycles. The van der Waals surface area contributed by atoms with Crippen LogP contribution in [0.3, 0.4) is 0 Å². The Bertz CT molecular complexity index is 1250. The summed E-state index contributed by atoms with van der Waals surface area (Å²) >= 11 is 0. The number of anilines is 1. The van der Waals surface area contributed by atoms with Gasteiger partial charge < -0.3 is 9.84 Å². The number of rotatable bonds is 6. The van der Waals surface area contributed by atoms with Gasteiger partial charge >= 0.3 is 10.2 Å². The van der Waals surface area contributed by atoms with E-state index in [4.69, 9.17) is 4.74 Å². The quantitative estimate of drug-likeness (QED) is 0.599. The molecule has 0 aromatic heterocycles. The first-order valence-electron chi connectivity index (χ1n) is 9.28. The molecule has 2 N–H and O–H groups in total. The van der Waals surface area contributed by atoms with Crippen molar-refractivity contribution in [1.29, 1.82) is 0 Å². The number of hydrogen-bond acceptors (Lipinski definition) is 4. The van der Waals surface area contributed by atoms with Crippen LogP contribution < -0.4 is 13.8 Å². The van der Waals surface area contributed by atoms with Crippen molar-refractivity contribution in [1.82, 2.24) is 4.72 Å². The normalized spacial score (nSPS) is 14.8. The third-order valence-corrected chi connectivity index (χ3v) is 5.92. The Morgan fingerprint density at radius 1 is 0.968 bits per heavy atom. The molecule has 0 radical (unpaired) electrons. The van der Waals surface area contributed by atoms with Crippen LogP contribution in [0.4, 0.5) is 14.5 Å². The van der Waals surface area contributed by atoms with Crippen LogP contribution in [0.5, 0.6) is 5.75 Å². The van der Waals surface area contributed by atoms with Gasteiger partial charge in [-0.25, -0.2) is 17.8 Å². The molecule has 0 unspecified atom stereocenters. The molecule has 6 nitrogen and oxygen atoms in total. The Labute approximate surface area is 178 Å². The average Bonchev–Trinajstić information content (AvgIpc) is 3.02. The summed E-state index contributed by atoms with van der Waals surface area (Å²) in [6, 6.07) is 17.1. The maximum atomic E-state index is 14.1. The van der Waals surface area contributed by atoms with E-state index < -0.39 is 27.7 Å². The highest BCUT2D eigenvalue weighted by Gasteiger charge is 2.31. The average molecular weight is 444 g/mol. The number of hydrogen-bond donors (Lipinski definition) is 2. The van der Waals surface area contributed by atoms with Crippen molar-refractivity contribution >= 4 is 15.9 Å². The molecule has 0 bridgehead atoms. The summed E-state index contributed by atoms with van der Waals surface area (Å²) in [5.74, 6) is -1.42. The van der Waals surface area contributed by atoms with Gasteiger partial charge in [-0.2, -0.15) is 8.42 Å². The molecule has 4 rings (SSSR count). The van der Waals surface area contributed by atoms with Gasteiger partial charge in [-0.1, -0.05) is 36.4 Å². The predicted octanol–water partition coefficient (Wildman–Crippen LogP) is 4.15. The molecule has 0 amide bonds. The molecule has 1 aliphatic heterocycles. The zero-order valence-corrected chi connectivity index (χ0v) is 16.9. The van der Waals surface area contributed by atoms with Crippen molar-refractivity contribution in [3.05, 3.63) is 107 Å². The van der Waals surface area contributed by atoms with E-state index in [1.165, 1.54) is 6.07 Å². The number of nitrogens with zero attached hydrogens (tertiary/aromatic N) is 1. The van der Waals surface area contributed by atoms with Crippen LogP contribution in [0.25, 0.3) is 0 Å². The van der Waals surface area contributed by atoms with Gasteiger partial charge in [0.25, 0.3) is 0 Å². The Morgan fingerprint density at radius 3 is 2.45 bits per heavy atom. The molecular formula is C22H18F2N2O4S. The van der Waals surface area contributed by atoms with Crippen molar-refractivity contribution in [2.75, 3.05) is 4.31 Å². The standard InChI is InChI=1S/C22H18F2N2O4S/c23-18-7-8-19(24)17(12-18)10-16-6-9-20(26-13-22(27)25-31(26,28)29)21(11-16)30-14-15-4-2-1-3-5-15/h1-9,11-13,25,27H,10,14H2. The maximum Gasteiger partial charge on any atom is 0.330 e. The summed E-state index contributed by atoms with van der Waals surface area (Å²) in [6.07, 6.45) is 1.10. The molecule has 31 heavy (non-hydrogen) atoms. The van der Waals surface area contributed by atoms with Crippen LogP contribution in [-0.2, 0) is 23.2 Å². The summed E-state index contributed by atoms with van der Waals surface area (Å²) in [7, 11) is -4.03. The van der Waals surface area contributed by atoms with E-state index in [1.807, 2.05) is 35.1 Å². The summed E-state index contributed by atoms with van der Waals surface area (Å²) in [6.45, 7) is 0.155. The van der Waals surface area contributed by atoms with Gasteiger partial charge in [-0.05, 0) is 47.0 Å². The van der Waals surface area contributed by atoms with E-state index >= 15 is 0 Å². The lowest BCUT2D eigenvalue weighted by molar-refractivity contribution is 0.307. The van der Waals surface area contributed by atoms with Gasteiger partial charge in [0.15, 0.2) is 0 Å². The lowest BCUT2D eigenvalue weighted by Crippen LogP contribution is -2.30. The smallest absolute Gasteiger partial charge is 0.330 e. The van der Waals surface area contributed by atoms with Crippen LogP contribution in [0.1, 0.15) is 16.7 Å². The zero-order valence-electron chi connectivity index (χ0n) is 16.1. The SMILES string of the molecule is O=S1(=O)NC(O)=CN1c1ccc(Cc2cc(F)ccc2F)cc1OCc1ccccc1. The third kappa shape index (κ3) is 4.61. The van der Waals surface area contributed by atoms with Crippen molar-refractivity contribution in [2.45, 2.75) is 13.0 Å². The Morgan fingerprint density at radius 2 is 1.74 bits per heavy atom. The summed E-state index contributed by atoms with van der Waals surface area (Å²) in [4.78, 5) is 0. The third-order valence-electron chi connectivity index (χ3n) is 4.63. The Balaban J connectivity index is 1.70. The van der Waals surface area contributed by atoms with Gasteiger partial charge in [-0.15, -0.1) is 0 Å². The van der Waals surface area contributed by atoms with Crippen molar-refractivity contribution < 1.29 is 27.0 Å². The summed E-state index contributed by atoms with van der Waals surface area (Å²) in [5.41, 5.74) is 1.77. The molecule has 3 aromatic carbocycles. The molecule has 9 heteroatoms. The largest absolute Gasteiger partial charge is 0.493 e. The first-order chi connectivity index (χ1) is 14.8. The fraction of sp³-hybridized carbons (Fsp3) is 0.0909. The van der Waals surface area contributed by atoms with Crippen LogP contribution in [-0.4, -0.2) is 13.5 Å². The minimum Gasteiger partial charge on any atom is -0.493 e. The molecule has 1 heterocycles. The zero-order chi connectivity index (χ0) is 22.0. The molecule has 0 aliphatic carbocycles. The van der Waals surface area contributed by atoms with Crippen LogP contribution >= 0.6 is 0 Å². The van der Waals surface area contributed by atoms with E-state index in [-0.39, 0.29) is 30.0 Å². The summed E-state index contributed by atoms with van der Waals surface area (Å²) < 4.78 is 60.9. The van der Waals surface area contributed by atoms with Gasteiger partial charge in [-0.3, -0.25) is 0 Å². The van der Waals surface area contributed by atoms with Crippen LogP contribution in [0.2, 0.25) is 0 Å². The Hall–Kier alpha value is -3.59. The minimum absolute atomic E-state index is 0.0810. The fourth-order valence-corrected chi connectivity index (χ4v) is 4.25. The van der Waals surface area contributed by atoms with Crippen LogP contribution in [0, 0.1) is 11.6 Å². The molecule has 160 valence electrons. The van der Waals surface area contributed by atoms with E-state index in [0.29, 0.717) is 5.56 Å². The highest BCUT2D eigenvalue weighted by Crippen LogP contribution is 2.35. The van der Waals surface area contributed by atoms with Crippen molar-refractivity contribution in [3.63, 3.8) is 0 Å². The molecule has 1 aliphatic rings. The second-order valence-electron chi connectivity index (χ2n) is 6.91. The van der Waals surface area contributed by atoms with Gasteiger partial charge in [0.05, 0.1) is 6.20 Å². The predicted molar refractivity (Wildman–Crippen MR) is 112 cm³/mol. The fourth-order valence-electron chi connectivity index (χ4n) is 3.19. The number of halogens is 2. The molecule has 0 spiro atoms. The monoisotopic (exact) mass is 444 g/mol. The highest BCUT2D eigenvalue weighted by molar-refractivity contribution is 7.91. The molecule has 0 fully saturated rings. The van der Waals surface area contributed by atoms with E-state index in [1.54, 1.807) is 12.1 Å². The summed E-state index contributed by atoms with van der Waals surface area (Å²) in [5, 5.41) is 9.61. The molecule has 0 saturated heterocycles. The van der Waals surface area contributed by atoms with Gasteiger partial charge in [0.1, 0.15) is 29.7 Å².